The summed E-state index contributed by atoms with van der Waals surface area (Å²) in [6.45, 7) is 0. The largest absolute Gasteiger partial charge is 0.497 e. The van der Waals surface area contributed by atoms with Crippen LogP contribution in [0.3, 0.4) is 0 Å². The number of aliphatic imine (C=N–C) groups is 1. The second-order valence-corrected chi connectivity index (χ2v) is 5.66. The number of halogens is 1. The zero-order chi connectivity index (χ0) is 18.5. The van der Waals surface area contributed by atoms with Crippen molar-refractivity contribution in [3.8, 4) is 11.5 Å². The first-order chi connectivity index (χ1) is 12.6. The number of aryl methyl sites for hydroxylation is 1. The lowest BCUT2D eigenvalue weighted by molar-refractivity contribution is -0.130. The second-order valence-electron chi connectivity index (χ2n) is 5.66. The summed E-state index contributed by atoms with van der Waals surface area (Å²) in [5.41, 5.74) is 1.85. The normalized spacial score (nSPS) is 15.0. The van der Waals surface area contributed by atoms with Gasteiger partial charge in [-0.25, -0.2) is 14.2 Å². The number of rotatable bonds is 6. The van der Waals surface area contributed by atoms with Crippen LogP contribution in [-0.2, 0) is 16.0 Å². The molecule has 26 heavy (non-hydrogen) atoms. The second kappa shape index (κ2) is 7.82. The van der Waals surface area contributed by atoms with Crippen LogP contribution >= 0.6 is 0 Å². The fourth-order valence-corrected chi connectivity index (χ4v) is 2.55. The predicted molar refractivity (Wildman–Crippen MR) is 95.8 cm³/mol. The van der Waals surface area contributed by atoms with Gasteiger partial charge in [-0.1, -0.05) is 12.1 Å². The third kappa shape index (κ3) is 4.08. The van der Waals surface area contributed by atoms with E-state index < -0.39 is 5.97 Å². The lowest BCUT2D eigenvalue weighted by atomic mass is 10.1. The quantitative estimate of drug-likeness (QED) is 0.585. The summed E-state index contributed by atoms with van der Waals surface area (Å²) in [7, 11) is 3.11. The van der Waals surface area contributed by atoms with E-state index >= 15 is 0 Å². The minimum atomic E-state index is -0.503. The number of methoxy groups -OCH3 is 2. The smallest absolute Gasteiger partial charge is 0.363 e. The van der Waals surface area contributed by atoms with Crippen molar-refractivity contribution in [3.05, 3.63) is 65.1 Å². The van der Waals surface area contributed by atoms with Crippen LogP contribution in [0.4, 0.5) is 4.39 Å². The average Bonchev–Trinajstić information content (AvgIpc) is 3.01. The highest BCUT2D eigenvalue weighted by molar-refractivity contribution is 6.07. The predicted octanol–water partition coefficient (Wildman–Crippen LogP) is 3.77. The number of carbonyl (C=O) groups excluding carboxylic acids is 1. The molecule has 2 aromatic carbocycles. The van der Waals surface area contributed by atoms with Gasteiger partial charge in [-0.2, -0.15) is 0 Å². The van der Waals surface area contributed by atoms with Crippen LogP contribution in [0.25, 0.3) is 6.08 Å². The van der Waals surface area contributed by atoms with Gasteiger partial charge in [0.05, 0.1) is 14.2 Å². The summed E-state index contributed by atoms with van der Waals surface area (Å²) in [4.78, 5) is 16.3. The summed E-state index contributed by atoms with van der Waals surface area (Å²) in [5, 5.41) is 0. The molecule has 0 saturated heterocycles. The topological polar surface area (TPSA) is 57.1 Å². The van der Waals surface area contributed by atoms with E-state index in [0.717, 1.165) is 5.56 Å². The minimum Gasteiger partial charge on any atom is -0.497 e. The fourth-order valence-electron chi connectivity index (χ4n) is 2.55. The van der Waals surface area contributed by atoms with Gasteiger partial charge < -0.3 is 14.2 Å². The molecule has 1 aliphatic rings. The number of ether oxygens (including phenoxy) is 3. The van der Waals surface area contributed by atoms with Gasteiger partial charge in [0.2, 0.25) is 0 Å². The van der Waals surface area contributed by atoms with Crippen molar-refractivity contribution in [2.24, 2.45) is 4.99 Å². The Kier molecular flexibility index (Phi) is 5.31. The summed E-state index contributed by atoms with van der Waals surface area (Å²) >= 11 is 0. The molecule has 0 radical (unpaired) electrons. The highest BCUT2D eigenvalue weighted by atomic mass is 19.1. The number of carbonyl (C=O) groups is 1. The first kappa shape index (κ1) is 17.7. The van der Waals surface area contributed by atoms with Gasteiger partial charge in [0.1, 0.15) is 17.3 Å². The first-order valence-corrected chi connectivity index (χ1v) is 8.07. The standard InChI is InChI=1S/C20H18FNO4/c1-24-16-9-6-14(18(12-16)25-2)11-17-20(23)26-19(22-17)10-5-13-3-7-15(21)8-4-13/h3-4,6-9,11-12H,5,10H2,1-2H3/b17-11+. The maximum absolute atomic E-state index is 12.9. The SMILES string of the molecule is COc1ccc(/C=C2/N=C(CCc3ccc(F)cc3)OC2=O)c(OC)c1. The first-order valence-electron chi connectivity index (χ1n) is 8.07. The zero-order valence-corrected chi connectivity index (χ0v) is 14.5. The molecule has 0 N–H and O–H groups in total. The molecule has 0 spiro atoms. The fraction of sp³-hybridized carbons (Fsp3) is 0.200. The van der Waals surface area contributed by atoms with Crippen molar-refractivity contribution >= 4 is 17.9 Å². The number of benzene rings is 2. The van der Waals surface area contributed by atoms with Gasteiger partial charge in [0, 0.05) is 18.1 Å². The lowest BCUT2D eigenvalue weighted by Crippen LogP contribution is -2.05. The van der Waals surface area contributed by atoms with Gasteiger partial charge >= 0.3 is 5.97 Å². The van der Waals surface area contributed by atoms with E-state index in [1.165, 1.54) is 12.1 Å². The number of cyclic esters (lactones) is 1. The molecule has 134 valence electrons. The molecule has 3 rings (SSSR count). The molecule has 0 atom stereocenters. The lowest BCUT2D eigenvalue weighted by Gasteiger charge is -2.07. The minimum absolute atomic E-state index is 0.211. The summed E-state index contributed by atoms with van der Waals surface area (Å²) < 4.78 is 28.6. The molecule has 1 aliphatic heterocycles. The third-order valence-electron chi connectivity index (χ3n) is 3.94. The van der Waals surface area contributed by atoms with E-state index in [1.54, 1.807) is 50.6 Å². The van der Waals surface area contributed by atoms with E-state index in [9.17, 15) is 9.18 Å². The van der Waals surface area contributed by atoms with Crippen LogP contribution in [-0.4, -0.2) is 26.1 Å². The van der Waals surface area contributed by atoms with Gasteiger partial charge in [0.15, 0.2) is 11.6 Å². The molecule has 5 nitrogen and oxygen atoms in total. The van der Waals surface area contributed by atoms with E-state index in [4.69, 9.17) is 14.2 Å². The van der Waals surface area contributed by atoms with Gasteiger partial charge in [-0.3, -0.25) is 0 Å². The molecule has 0 amide bonds. The van der Waals surface area contributed by atoms with Crippen LogP contribution in [0, 0.1) is 5.82 Å². The van der Waals surface area contributed by atoms with Crippen LogP contribution < -0.4 is 9.47 Å². The Hall–Kier alpha value is -3.15. The molecule has 2 aromatic rings. The summed E-state index contributed by atoms with van der Waals surface area (Å²) in [5.74, 6) is 0.785. The molecular weight excluding hydrogens is 337 g/mol. The van der Waals surface area contributed by atoms with Crippen molar-refractivity contribution < 1.29 is 23.4 Å². The molecule has 0 unspecified atom stereocenters. The van der Waals surface area contributed by atoms with Crippen LogP contribution in [0.15, 0.2) is 53.2 Å². The van der Waals surface area contributed by atoms with Crippen LogP contribution in [0.1, 0.15) is 17.5 Å². The van der Waals surface area contributed by atoms with Crippen molar-refractivity contribution in [1.29, 1.82) is 0 Å². The van der Waals surface area contributed by atoms with Crippen LogP contribution in [0.5, 0.6) is 11.5 Å². The Balaban J connectivity index is 1.75. The van der Waals surface area contributed by atoms with E-state index in [1.807, 2.05) is 0 Å². The molecule has 0 bridgehead atoms. The highest BCUT2D eigenvalue weighted by Crippen LogP contribution is 2.28. The monoisotopic (exact) mass is 355 g/mol. The number of hydrogen-bond donors (Lipinski definition) is 0. The molecule has 0 aromatic heterocycles. The highest BCUT2D eigenvalue weighted by Gasteiger charge is 2.23. The molecule has 0 aliphatic carbocycles. The van der Waals surface area contributed by atoms with Crippen molar-refractivity contribution in [2.75, 3.05) is 14.2 Å². The van der Waals surface area contributed by atoms with Crippen LogP contribution in [0.2, 0.25) is 0 Å². The summed E-state index contributed by atoms with van der Waals surface area (Å²) in [6, 6.07) is 11.5. The Morgan fingerprint density at radius 3 is 2.54 bits per heavy atom. The number of nitrogens with zero attached hydrogens (tertiary/aromatic N) is 1. The Morgan fingerprint density at radius 1 is 1.08 bits per heavy atom. The van der Waals surface area contributed by atoms with Gasteiger partial charge in [0.25, 0.3) is 0 Å². The molecule has 0 saturated carbocycles. The Labute approximate surface area is 150 Å². The summed E-state index contributed by atoms with van der Waals surface area (Å²) in [6.07, 6.45) is 2.67. The number of hydrogen-bond acceptors (Lipinski definition) is 5. The zero-order valence-electron chi connectivity index (χ0n) is 14.5. The number of esters is 1. The molecule has 6 heteroatoms. The van der Waals surface area contributed by atoms with Crippen molar-refractivity contribution in [1.82, 2.24) is 0 Å². The molecule has 0 fully saturated rings. The van der Waals surface area contributed by atoms with Crippen molar-refractivity contribution in [3.63, 3.8) is 0 Å². The molecular formula is C20H18FNO4. The van der Waals surface area contributed by atoms with Gasteiger partial charge in [-0.05, 0) is 42.3 Å². The Bertz CT molecular complexity index is 872. The van der Waals surface area contributed by atoms with E-state index in [0.29, 0.717) is 35.8 Å². The maximum atomic E-state index is 12.9. The molecule has 1 heterocycles. The van der Waals surface area contributed by atoms with E-state index in [-0.39, 0.29) is 11.5 Å². The maximum Gasteiger partial charge on any atom is 0.363 e. The average molecular weight is 355 g/mol. The van der Waals surface area contributed by atoms with Crippen molar-refractivity contribution in [2.45, 2.75) is 12.8 Å². The Morgan fingerprint density at radius 2 is 1.85 bits per heavy atom. The third-order valence-corrected chi connectivity index (χ3v) is 3.94. The van der Waals surface area contributed by atoms with Gasteiger partial charge in [-0.15, -0.1) is 0 Å². The van der Waals surface area contributed by atoms with E-state index in [2.05, 4.69) is 4.99 Å².